The molecule has 0 aromatic heterocycles. The van der Waals surface area contributed by atoms with Crippen molar-refractivity contribution in [1.29, 1.82) is 0 Å². The van der Waals surface area contributed by atoms with Gasteiger partial charge in [-0.25, -0.2) is 0 Å². The normalized spacial score (nSPS) is 16.7. The lowest BCUT2D eigenvalue weighted by Gasteiger charge is -2.40. The lowest BCUT2D eigenvalue weighted by atomic mass is 9.97. The van der Waals surface area contributed by atoms with E-state index in [1.54, 1.807) is 12.1 Å². The summed E-state index contributed by atoms with van der Waals surface area (Å²) in [5.74, 6) is 0. The van der Waals surface area contributed by atoms with E-state index in [1.807, 2.05) is 24.4 Å². The molecule has 1 unspecified atom stereocenters. The third-order valence-corrected chi connectivity index (χ3v) is 5.65. The number of benzene rings is 2. The van der Waals surface area contributed by atoms with Crippen LogP contribution in [-0.2, 0) is 6.54 Å². The van der Waals surface area contributed by atoms with Crippen molar-refractivity contribution in [1.82, 2.24) is 4.90 Å². The van der Waals surface area contributed by atoms with Gasteiger partial charge in [-0.2, -0.15) is 0 Å². The maximum Gasteiger partial charge on any atom is 0.159 e. The van der Waals surface area contributed by atoms with Gasteiger partial charge in [0.15, 0.2) is 2.14 Å². The Hall–Kier alpha value is -0.570. The molecule has 0 aliphatic carbocycles. The van der Waals surface area contributed by atoms with Crippen molar-refractivity contribution in [2.75, 3.05) is 5.23 Å². The number of hydrogen-bond acceptors (Lipinski definition) is 4. The fourth-order valence-electron chi connectivity index (χ4n) is 2.86. The van der Waals surface area contributed by atoms with E-state index in [0.29, 0.717) is 11.6 Å². The Morgan fingerprint density at radius 3 is 2.60 bits per heavy atom. The summed E-state index contributed by atoms with van der Waals surface area (Å²) in [5, 5.41) is 20.7. The maximum atomic E-state index is 11.2. The van der Waals surface area contributed by atoms with Crippen LogP contribution in [0.5, 0.6) is 0 Å². The molecule has 0 amide bonds. The minimum atomic E-state index is -0.556. The van der Waals surface area contributed by atoms with Gasteiger partial charge in [-0.1, -0.05) is 83.7 Å². The molecular formula is C17H13Br3ClN2O2-. The largest absolute Gasteiger partial charge is 0.733 e. The van der Waals surface area contributed by atoms with Crippen molar-refractivity contribution in [3.63, 3.8) is 0 Å². The molecule has 0 spiro atoms. The van der Waals surface area contributed by atoms with Gasteiger partial charge in [0, 0.05) is 17.8 Å². The Balaban J connectivity index is 1.99. The number of nitrogens with zero attached hydrogens (tertiary/aromatic N) is 2. The predicted octanol–water partition coefficient (Wildman–Crippen LogP) is 6.40. The zero-order valence-electron chi connectivity index (χ0n) is 12.7. The van der Waals surface area contributed by atoms with Crippen LogP contribution in [-0.4, -0.2) is 12.2 Å². The van der Waals surface area contributed by atoms with Gasteiger partial charge in [0.05, 0.1) is 11.7 Å². The van der Waals surface area contributed by atoms with Crippen LogP contribution in [0.3, 0.4) is 0 Å². The minimum Gasteiger partial charge on any atom is -0.733 e. The summed E-state index contributed by atoms with van der Waals surface area (Å²) in [6.45, 7) is 0.459. The second-order valence-corrected chi connectivity index (χ2v) is 13.0. The van der Waals surface area contributed by atoms with Gasteiger partial charge in [0.1, 0.15) is 0 Å². The van der Waals surface area contributed by atoms with Crippen molar-refractivity contribution in [3.05, 3.63) is 75.6 Å². The summed E-state index contributed by atoms with van der Waals surface area (Å²) in [5.41, 5.74) is 3.14. The quantitative estimate of drug-likeness (QED) is 0.354. The molecule has 0 radical (unpaired) electrons. The van der Waals surface area contributed by atoms with Crippen LogP contribution in [0, 0.1) is 5.21 Å². The molecule has 25 heavy (non-hydrogen) atoms. The third kappa shape index (κ3) is 4.23. The van der Waals surface area contributed by atoms with Gasteiger partial charge < -0.3 is 15.3 Å². The van der Waals surface area contributed by atoms with Gasteiger partial charge >= 0.3 is 0 Å². The Morgan fingerprint density at radius 1 is 1.20 bits per heavy atom. The highest BCUT2D eigenvalue weighted by molar-refractivity contribution is 9.39. The molecule has 2 aromatic rings. The number of fused-ring (bicyclic) bond motifs is 1. The average Bonchev–Trinajstić information content (AvgIpc) is 2.55. The van der Waals surface area contributed by atoms with Crippen LogP contribution in [0.4, 0.5) is 5.69 Å². The molecule has 4 nitrogen and oxygen atoms in total. The Morgan fingerprint density at radius 2 is 1.92 bits per heavy atom. The van der Waals surface area contributed by atoms with Crippen LogP contribution in [0.25, 0.3) is 6.08 Å². The molecule has 8 heteroatoms. The van der Waals surface area contributed by atoms with E-state index in [0.717, 1.165) is 16.7 Å². The Bertz CT molecular complexity index is 809. The summed E-state index contributed by atoms with van der Waals surface area (Å²) in [4.78, 5) is 2.10. The van der Waals surface area contributed by atoms with Crippen LogP contribution < -0.4 is 5.23 Å². The van der Waals surface area contributed by atoms with Crippen LogP contribution in [0.15, 0.2) is 48.7 Å². The topological polar surface area (TPSA) is 49.8 Å². The summed E-state index contributed by atoms with van der Waals surface area (Å²) in [7, 11) is 0. The summed E-state index contributed by atoms with van der Waals surface area (Å²) >= 11 is 17.2. The van der Waals surface area contributed by atoms with Gasteiger partial charge in [-0.3, -0.25) is 5.21 Å². The molecule has 0 saturated heterocycles. The molecule has 1 N–H and O–H groups in total. The van der Waals surface area contributed by atoms with Crippen molar-refractivity contribution < 1.29 is 5.21 Å². The molecule has 1 atom stereocenters. The van der Waals surface area contributed by atoms with Crippen molar-refractivity contribution in [2.45, 2.75) is 14.7 Å². The second-order valence-electron chi connectivity index (χ2n) is 5.61. The first-order chi connectivity index (χ1) is 11.8. The standard InChI is InChI=1S/C17H13Br3ClN2O2/c18-17(19,20)16-14-4-2-1-3-11(14)7-8-22(16)10-12-9-13(23(24)25)5-6-15(12)21/h1-9,16,24H,10H2/q-1. The molecule has 0 saturated carbocycles. The third-order valence-electron chi connectivity index (χ3n) is 3.98. The smallest absolute Gasteiger partial charge is 0.159 e. The van der Waals surface area contributed by atoms with E-state index >= 15 is 0 Å². The molecule has 0 bridgehead atoms. The van der Waals surface area contributed by atoms with E-state index in [-0.39, 0.29) is 17.0 Å². The maximum absolute atomic E-state index is 11.2. The highest BCUT2D eigenvalue weighted by atomic mass is 80.0. The zero-order chi connectivity index (χ0) is 18.2. The number of alkyl halides is 3. The molecule has 1 aliphatic heterocycles. The van der Waals surface area contributed by atoms with Gasteiger partial charge in [0.25, 0.3) is 0 Å². The minimum absolute atomic E-state index is 0.0779. The fourth-order valence-corrected chi connectivity index (χ4v) is 4.56. The molecule has 1 heterocycles. The first-order valence-electron chi connectivity index (χ1n) is 7.31. The van der Waals surface area contributed by atoms with Gasteiger partial charge in [-0.05, 0) is 41.0 Å². The van der Waals surface area contributed by atoms with E-state index < -0.39 is 2.14 Å². The molecule has 1 aliphatic rings. The van der Waals surface area contributed by atoms with E-state index in [2.05, 4.69) is 64.8 Å². The average molecular weight is 552 g/mol. The fraction of sp³-hybridized carbons (Fsp3) is 0.176. The van der Waals surface area contributed by atoms with Crippen molar-refractivity contribution in [3.8, 4) is 0 Å². The van der Waals surface area contributed by atoms with Crippen LogP contribution in [0.2, 0.25) is 5.02 Å². The lowest BCUT2D eigenvalue weighted by molar-refractivity contribution is 0.281. The number of hydrogen-bond donors (Lipinski definition) is 1. The second kappa shape index (κ2) is 7.58. The lowest BCUT2D eigenvalue weighted by Crippen LogP contribution is -2.34. The molecule has 2 aromatic carbocycles. The molecule has 132 valence electrons. The zero-order valence-corrected chi connectivity index (χ0v) is 18.3. The highest BCUT2D eigenvalue weighted by Gasteiger charge is 2.38. The van der Waals surface area contributed by atoms with Crippen LogP contribution in [0.1, 0.15) is 22.7 Å². The van der Waals surface area contributed by atoms with Crippen LogP contribution >= 0.6 is 59.4 Å². The van der Waals surface area contributed by atoms with E-state index in [4.69, 9.17) is 16.8 Å². The first kappa shape index (κ1) is 19.2. The van der Waals surface area contributed by atoms with Crippen molar-refractivity contribution in [2.24, 2.45) is 0 Å². The Labute approximate surface area is 176 Å². The first-order valence-corrected chi connectivity index (χ1v) is 10.1. The Kier molecular flexibility index (Phi) is 5.82. The number of rotatable bonds is 3. The van der Waals surface area contributed by atoms with Crippen molar-refractivity contribution >= 4 is 71.2 Å². The predicted molar refractivity (Wildman–Crippen MR) is 112 cm³/mol. The monoisotopic (exact) mass is 549 g/mol. The number of anilines is 1. The van der Waals surface area contributed by atoms with E-state index in [9.17, 15) is 5.21 Å². The summed E-state index contributed by atoms with van der Waals surface area (Å²) < 4.78 is -0.556. The summed E-state index contributed by atoms with van der Waals surface area (Å²) in [6, 6.07) is 12.7. The van der Waals surface area contributed by atoms with Gasteiger partial charge in [-0.15, -0.1) is 0 Å². The SMILES string of the molecule is [O-]N(O)c1ccc(Cl)c(CN2C=Cc3ccccc3C2C(Br)(Br)Br)c1. The number of halogens is 4. The summed E-state index contributed by atoms with van der Waals surface area (Å²) in [6.07, 6.45) is 4.02. The molecule has 3 rings (SSSR count). The molecular weight excluding hydrogens is 539 g/mol. The van der Waals surface area contributed by atoms with E-state index in [1.165, 1.54) is 6.07 Å². The molecule has 0 fully saturated rings. The highest BCUT2D eigenvalue weighted by Crippen LogP contribution is 2.51. The van der Waals surface area contributed by atoms with Gasteiger partial charge in [0.2, 0.25) is 0 Å².